The van der Waals surface area contributed by atoms with Gasteiger partial charge in [0.2, 0.25) is 0 Å². The topological polar surface area (TPSA) is 46.2 Å². The SMILES string of the molecule is Cl.N[C@H](CO)c1cc(F)c(F)cc1F. The molecule has 0 aromatic heterocycles. The highest BCUT2D eigenvalue weighted by Crippen LogP contribution is 2.18. The molecule has 0 heterocycles. The van der Waals surface area contributed by atoms with E-state index in [0.717, 1.165) is 0 Å². The van der Waals surface area contributed by atoms with Gasteiger partial charge in [0.25, 0.3) is 0 Å². The summed E-state index contributed by atoms with van der Waals surface area (Å²) in [6, 6.07) is 0.0150. The highest BCUT2D eigenvalue weighted by molar-refractivity contribution is 5.85. The van der Waals surface area contributed by atoms with E-state index in [0.29, 0.717) is 12.1 Å². The first kappa shape index (κ1) is 13.2. The smallest absolute Gasteiger partial charge is 0.161 e. The van der Waals surface area contributed by atoms with Crippen LogP contribution in [0.1, 0.15) is 11.6 Å². The summed E-state index contributed by atoms with van der Waals surface area (Å²) >= 11 is 0. The molecule has 14 heavy (non-hydrogen) atoms. The highest BCUT2D eigenvalue weighted by atomic mass is 35.5. The van der Waals surface area contributed by atoms with Crippen LogP contribution in [0.5, 0.6) is 0 Å². The third kappa shape index (κ3) is 2.60. The van der Waals surface area contributed by atoms with Crippen LogP contribution in [0.2, 0.25) is 0 Å². The minimum absolute atomic E-state index is 0. The molecule has 0 unspecified atom stereocenters. The van der Waals surface area contributed by atoms with Crippen LogP contribution in [0.4, 0.5) is 13.2 Å². The van der Waals surface area contributed by atoms with Crippen LogP contribution in [-0.2, 0) is 0 Å². The second kappa shape index (κ2) is 5.19. The van der Waals surface area contributed by atoms with Gasteiger partial charge in [0.1, 0.15) is 5.82 Å². The summed E-state index contributed by atoms with van der Waals surface area (Å²) in [5.74, 6) is -3.41. The van der Waals surface area contributed by atoms with Gasteiger partial charge in [0.15, 0.2) is 11.6 Å². The normalized spacial score (nSPS) is 12.1. The van der Waals surface area contributed by atoms with Crippen LogP contribution < -0.4 is 5.73 Å². The number of benzene rings is 1. The number of hydrogen-bond acceptors (Lipinski definition) is 2. The monoisotopic (exact) mass is 227 g/mol. The van der Waals surface area contributed by atoms with Gasteiger partial charge in [-0.25, -0.2) is 13.2 Å². The van der Waals surface area contributed by atoms with Crippen molar-refractivity contribution in [1.82, 2.24) is 0 Å². The molecule has 0 saturated carbocycles. The van der Waals surface area contributed by atoms with Crippen LogP contribution in [-0.4, -0.2) is 11.7 Å². The molecule has 0 radical (unpaired) electrons. The van der Waals surface area contributed by atoms with Gasteiger partial charge in [-0.05, 0) is 6.07 Å². The molecular weight excluding hydrogens is 219 g/mol. The van der Waals surface area contributed by atoms with Crippen molar-refractivity contribution in [3.63, 3.8) is 0 Å². The Labute approximate surface area is 84.9 Å². The Balaban J connectivity index is 0.00000169. The molecular formula is C8H9ClF3NO. The fourth-order valence-electron chi connectivity index (χ4n) is 0.920. The minimum atomic E-state index is -1.27. The van der Waals surface area contributed by atoms with Crippen LogP contribution in [0.25, 0.3) is 0 Å². The average molecular weight is 228 g/mol. The van der Waals surface area contributed by atoms with E-state index in [9.17, 15) is 13.2 Å². The molecule has 0 amide bonds. The fourth-order valence-corrected chi connectivity index (χ4v) is 0.920. The van der Waals surface area contributed by atoms with Gasteiger partial charge in [-0.3, -0.25) is 0 Å². The van der Waals surface area contributed by atoms with Crippen LogP contribution >= 0.6 is 12.4 Å². The Morgan fingerprint density at radius 2 is 1.64 bits per heavy atom. The van der Waals surface area contributed by atoms with Gasteiger partial charge < -0.3 is 10.8 Å². The van der Waals surface area contributed by atoms with Crippen LogP contribution in [0.15, 0.2) is 12.1 Å². The third-order valence-corrected chi connectivity index (χ3v) is 1.64. The molecule has 1 rings (SSSR count). The summed E-state index contributed by atoms with van der Waals surface area (Å²) in [5.41, 5.74) is 5.00. The van der Waals surface area contributed by atoms with Gasteiger partial charge in [-0.1, -0.05) is 0 Å². The quantitative estimate of drug-likeness (QED) is 0.753. The molecule has 0 bridgehead atoms. The number of hydrogen-bond donors (Lipinski definition) is 2. The van der Waals surface area contributed by atoms with Crippen LogP contribution in [0, 0.1) is 17.5 Å². The zero-order valence-corrected chi connectivity index (χ0v) is 7.82. The van der Waals surface area contributed by atoms with Crippen LogP contribution in [0.3, 0.4) is 0 Å². The molecule has 80 valence electrons. The Hall–Kier alpha value is -0.780. The van der Waals surface area contributed by atoms with Crippen molar-refractivity contribution >= 4 is 12.4 Å². The highest BCUT2D eigenvalue weighted by Gasteiger charge is 2.14. The summed E-state index contributed by atoms with van der Waals surface area (Å²) < 4.78 is 37.9. The van der Waals surface area contributed by atoms with Crippen molar-refractivity contribution in [3.05, 3.63) is 35.1 Å². The molecule has 0 fully saturated rings. The number of nitrogens with two attached hydrogens (primary N) is 1. The standard InChI is InChI=1S/C8H8F3NO.ClH/c9-5-2-7(11)6(10)1-4(5)8(12)3-13;/h1-2,8,13H,3,12H2;1H/t8-;/m1./s1. The third-order valence-electron chi connectivity index (χ3n) is 1.64. The van der Waals surface area contributed by atoms with E-state index in [1.807, 2.05) is 0 Å². The molecule has 0 aliphatic heterocycles. The molecule has 0 aliphatic rings. The van der Waals surface area contributed by atoms with E-state index in [1.54, 1.807) is 0 Å². The maximum atomic E-state index is 12.9. The summed E-state index contributed by atoms with van der Waals surface area (Å²) in [5, 5.41) is 8.56. The van der Waals surface area contributed by atoms with Crippen molar-refractivity contribution in [2.75, 3.05) is 6.61 Å². The molecule has 1 aromatic carbocycles. The molecule has 0 aliphatic carbocycles. The lowest BCUT2D eigenvalue weighted by atomic mass is 10.1. The predicted octanol–water partition coefficient (Wildman–Crippen LogP) is 1.52. The zero-order valence-electron chi connectivity index (χ0n) is 7.01. The van der Waals surface area contributed by atoms with Gasteiger partial charge in [0.05, 0.1) is 12.6 Å². The average Bonchev–Trinajstić information content (AvgIpc) is 2.10. The molecule has 0 spiro atoms. The van der Waals surface area contributed by atoms with Gasteiger partial charge in [-0.15, -0.1) is 12.4 Å². The van der Waals surface area contributed by atoms with E-state index >= 15 is 0 Å². The largest absolute Gasteiger partial charge is 0.394 e. The maximum absolute atomic E-state index is 12.9. The summed E-state index contributed by atoms with van der Waals surface area (Å²) in [6.07, 6.45) is 0. The molecule has 0 saturated heterocycles. The Bertz CT molecular complexity index is 322. The van der Waals surface area contributed by atoms with Gasteiger partial charge >= 0.3 is 0 Å². The Morgan fingerprint density at radius 1 is 1.14 bits per heavy atom. The summed E-state index contributed by atoms with van der Waals surface area (Å²) in [4.78, 5) is 0. The Kier molecular flexibility index (Phi) is 4.90. The van der Waals surface area contributed by atoms with Gasteiger partial charge in [0, 0.05) is 11.6 Å². The number of halogens is 4. The minimum Gasteiger partial charge on any atom is -0.394 e. The molecule has 6 heteroatoms. The molecule has 1 aromatic rings. The van der Waals surface area contributed by atoms with E-state index in [-0.39, 0.29) is 18.0 Å². The van der Waals surface area contributed by atoms with E-state index < -0.39 is 30.1 Å². The first-order valence-corrected chi connectivity index (χ1v) is 3.57. The second-order valence-electron chi connectivity index (χ2n) is 2.58. The maximum Gasteiger partial charge on any atom is 0.161 e. The van der Waals surface area contributed by atoms with Crippen molar-refractivity contribution in [3.8, 4) is 0 Å². The molecule has 1 atom stereocenters. The van der Waals surface area contributed by atoms with Gasteiger partial charge in [-0.2, -0.15) is 0 Å². The van der Waals surface area contributed by atoms with Crippen molar-refractivity contribution in [1.29, 1.82) is 0 Å². The predicted molar refractivity (Wildman–Crippen MR) is 47.6 cm³/mol. The fraction of sp³-hybridized carbons (Fsp3) is 0.250. The zero-order chi connectivity index (χ0) is 10.0. The van der Waals surface area contributed by atoms with Crippen molar-refractivity contribution in [2.24, 2.45) is 5.73 Å². The molecule has 3 N–H and O–H groups in total. The van der Waals surface area contributed by atoms with Crippen molar-refractivity contribution < 1.29 is 18.3 Å². The number of rotatable bonds is 2. The first-order valence-electron chi connectivity index (χ1n) is 3.57. The van der Waals surface area contributed by atoms with Crippen molar-refractivity contribution in [2.45, 2.75) is 6.04 Å². The van der Waals surface area contributed by atoms with E-state index in [2.05, 4.69) is 0 Å². The first-order chi connectivity index (χ1) is 6.06. The number of aliphatic hydroxyl groups is 1. The van der Waals surface area contributed by atoms with E-state index in [1.165, 1.54) is 0 Å². The summed E-state index contributed by atoms with van der Waals surface area (Å²) in [7, 11) is 0. The molecule has 2 nitrogen and oxygen atoms in total. The lowest BCUT2D eigenvalue weighted by molar-refractivity contribution is 0.264. The lowest BCUT2D eigenvalue weighted by Crippen LogP contribution is -2.16. The lowest BCUT2D eigenvalue weighted by Gasteiger charge is -2.09. The Morgan fingerprint density at radius 3 is 2.14 bits per heavy atom. The van der Waals surface area contributed by atoms with E-state index in [4.69, 9.17) is 10.8 Å². The summed E-state index contributed by atoms with van der Waals surface area (Å²) in [6.45, 7) is -0.526. The number of aliphatic hydroxyl groups excluding tert-OH is 1. The second-order valence-corrected chi connectivity index (χ2v) is 2.58.